The molecule has 2 aromatic rings. The predicted molar refractivity (Wildman–Crippen MR) is 102 cm³/mol. The van der Waals surface area contributed by atoms with Crippen LogP contribution in [0.4, 0.5) is 0 Å². The molecule has 0 bridgehead atoms. The van der Waals surface area contributed by atoms with Crippen molar-refractivity contribution in [2.45, 2.75) is 37.3 Å². The van der Waals surface area contributed by atoms with Gasteiger partial charge in [-0.05, 0) is 30.2 Å². The van der Waals surface area contributed by atoms with E-state index in [-0.39, 0.29) is 12.6 Å². The molecule has 1 aliphatic rings. The molecule has 0 saturated carbocycles. The average Bonchev–Trinajstić information content (AvgIpc) is 2.92. The maximum absolute atomic E-state index is 10.6. The molecule has 146 valence electrons. The third kappa shape index (κ3) is 4.09. The number of benzene rings is 2. The molecule has 1 aliphatic heterocycles. The van der Waals surface area contributed by atoms with Crippen molar-refractivity contribution in [1.29, 1.82) is 0 Å². The molecule has 6 heteroatoms. The van der Waals surface area contributed by atoms with Crippen LogP contribution in [0.3, 0.4) is 0 Å². The highest BCUT2D eigenvalue weighted by molar-refractivity contribution is 5.40. The van der Waals surface area contributed by atoms with Gasteiger partial charge in [-0.2, -0.15) is 0 Å². The normalized spacial score (nSPS) is 25.5. The van der Waals surface area contributed by atoms with Gasteiger partial charge in [-0.1, -0.05) is 30.3 Å². The summed E-state index contributed by atoms with van der Waals surface area (Å²) in [6.07, 6.45) is -1.39. The average molecular weight is 373 g/mol. The fourth-order valence-corrected chi connectivity index (χ4v) is 3.84. The fourth-order valence-electron chi connectivity index (χ4n) is 3.84. The highest BCUT2D eigenvalue weighted by atomic mass is 16.5. The van der Waals surface area contributed by atoms with E-state index in [2.05, 4.69) is 0 Å². The second kappa shape index (κ2) is 8.71. The zero-order valence-corrected chi connectivity index (χ0v) is 15.7. The molecule has 27 heavy (non-hydrogen) atoms. The Hall–Kier alpha value is -2.12. The van der Waals surface area contributed by atoms with Crippen molar-refractivity contribution in [2.24, 2.45) is 0 Å². The van der Waals surface area contributed by atoms with Crippen LogP contribution in [0, 0.1) is 0 Å². The van der Waals surface area contributed by atoms with Crippen LogP contribution in [0.25, 0.3) is 0 Å². The summed E-state index contributed by atoms with van der Waals surface area (Å²) in [5.74, 6) is 1.40. The maximum Gasteiger partial charge on any atom is 0.123 e. The van der Waals surface area contributed by atoms with Crippen molar-refractivity contribution in [2.75, 3.05) is 20.8 Å². The summed E-state index contributed by atoms with van der Waals surface area (Å²) < 4.78 is 10.8. The molecule has 4 atom stereocenters. The van der Waals surface area contributed by atoms with Gasteiger partial charge in [0.25, 0.3) is 0 Å². The van der Waals surface area contributed by atoms with E-state index in [9.17, 15) is 15.3 Å². The second-order valence-electron chi connectivity index (χ2n) is 6.84. The Morgan fingerprint density at radius 1 is 0.926 bits per heavy atom. The molecule has 0 unspecified atom stereocenters. The van der Waals surface area contributed by atoms with Gasteiger partial charge in [-0.3, -0.25) is 4.90 Å². The van der Waals surface area contributed by atoms with Crippen LogP contribution in [0.2, 0.25) is 0 Å². The third-order valence-electron chi connectivity index (χ3n) is 5.31. The SMILES string of the molecule is COc1ccc(OC)c(CN2[C@H](CO)[C@@H](O)[C@@H](O)[C@@H]2Cc2ccccc2)c1. The number of hydrogen-bond donors (Lipinski definition) is 3. The van der Waals surface area contributed by atoms with E-state index < -0.39 is 18.2 Å². The molecule has 2 aromatic carbocycles. The van der Waals surface area contributed by atoms with Crippen molar-refractivity contribution in [3.8, 4) is 11.5 Å². The first kappa shape index (κ1) is 19.6. The van der Waals surface area contributed by atoms with Crippen LogP contribution >= 0.6 is 0 Å². The molecule has 6 nitrogen and oxygen atoms in total. The summed E-state index contributed by atoms with van der Waals surface area (Å²) in [6.45, 7) is 0.174. The summed E-state index contributed by atoms with van der Waals surface area (Å²) in [7, 11) is 3.20. The van der Waals surface area contributed by atoms with Gasteiger partial charge >= 0.3 is 0 Å². The number of methoxy groups -OCH3 is 2. The van der Waals surface area contributed by atoms with Gasteiger partial charge in [0.05, 0.1) is 39.1 Å². The van der Waals surface area contributed by atoms with Gasteiger partial charge in [0, 0.05) is 18.2 Å². The van der Waals surface area contributed by atoms with Crippen LogP contribution in [-0.2, 0) is 13.0 Å². The number of nitrogens with zero attached hydrogens (tertiary/aromatic N) is 1. The molecule has 1 saturated heterocycles. The number of hydrogen-bond acceptors (Lipinski definition) is 6. The largest absolute Gasteiger partial charge is 0.497 e. The fraction of sp³-hybridized carbons (Fsp3) is 0.429. The smallest absolute Gasteiger partial charge is 0.123 e. The van der Waals surface area contributed by atoms with Crippen LogP contribution in [0.5, 0.6) is 11.5 Å². The summed E-state index contributed by atoms with van der Waals surface area (Å²) in [4.78, 5) is 1.96. The van der Waals surface area contributed by atoms with E-state index in [1.807, 2.05) is 53.4 Å². The highest BCUT2D eigenvalue weighted by Gasteiger charge is 2.47. The number of aliphatic hydroxyl groups excluding tert-OH is 3. The molecule has 0 aromatic heterocycles. The minimum absolute atomic E-state index is 0.240. The molecule has 1 heterocycles. The van der Waals surface area contributed by atoms with Crippen LogP contribution in [0.15, 0.2) is 48.5 Å². The first-order valence-electron chi connectivity index (χ1n) is 9.06. The lowest BCUT2D eigenvalue weighted by molar-refractivity contribution is 0.0178. The Bertz CT molecular complexity index is 739. The van der Waals surface area contributed by atoms with Crippen LogP contribution in [0.1, 0.15) is 11.1 Å². The van der Waals surface area contributed by atoms with Crippen molar-refractivity contribution >= 4 is 0 Å². The molecule has 0 amide bonds. The van der Waals surface area contributed by atoms with Crippen LogP contribution < -0.4 is 9.47 Å². The first-order chi connectivity index (χ1) is 13.1. The molecule has 0 spiro atoms. The zero-order valence-electron chi connectivity index (χ0n) is 15.7. The molecular formula is C21H27NO5. The van der Waals surface area contributed by atoms with E-state index in [0.717, 1.165) is 11.1 Å². The summed E-state index contributed by atoms with van der Waals surface area (Å²) in [5.41, 5.74) is 1.93. The third-order valence-corrected chi connectivity index (χ3v) is 5.31. The van der Waals surface area contributed by atoms with E-state index in [0.29, 0.717) is 24.5 Å². The van der Waals surface area contributed by atoms with Crippen molar-refractivity contribution < 1.29 is 24.8 Å². The lowest BCUT2D eigenvalue weighted by atomic mass is 10.0. The number of rotatable bonds is 7. The monoisotopic (exact) mass is 373 g/mol. The maximum atomic E-state index is 10.6. The Kier molecular flexibility index (Phi) is 6.34. The molecule has 3 rings (SSSR count). The quantitative estimate of drug-likeness (QED) is 0.677. The second-order valence-corrected chi connectivity index (χ2v) is 6.84. The Balaban J connectivity index is 1.91. The van der Waals surface area contributed by atoms with E-state index >= 15 is 0 Å². The van der Waals surface area contributed by atoms with Gasteiger partial charge in [0.1, 0.15) is 11.5 Å². The number of likely N-dealkylation sites (tertiary alicyclic amines) is 1. The minimum atomic E-state index is -1.01. The van der Waals surface area contributed by atoms with Gasteiger partial charge in [0.15, 0.2) is 0 Å². The Labute approximate surface area is 159 Å². The first-order valence-corrected chi connectivity index (χ1v) is 9.06. The minimum Gasteiger partial charge on any atom is -0.497 e. The van der Waals surface area contributed by atoms with Gasteiger partial charge < -0.3 is 24.8 Å². The standard InChI is InChI=1S/C21H27NO5/c1-26-16-8-9-19(27-2)15(11-16)12-22-17(10-14-6-4-3-5-7-14)20(24)21(25)18(22)13-23/h3-9,11,17-18,20-21,23-25H,10,12-13H2,1-2H3/t17-,18+,20-,21+/m0/s1. The molecule has 1 fully saturated rings. The lowest BCUT2D eigenvalue weighted by Gasteiger charge is -2.30. The molecular weight excluding hydrogens is 346 g/mol. The summed E-state index contributed by atoms with van der Waals surface area (Å²) >= 11 is 0. The topological polar surface area (TPSA) is 82.4 Å². The zero-order chi connectivity index (χ0) is 19.4. The molecule has 3 N–H and O–H groups in total. The van der Waals surface area contributed by atoms with Crippen molar-refractivity contribution in [1.82, 2.24) is 4.90 Å². The predicted octanol–water partition coefficient (Wildman–Crippen LogP) is 1.21. The van der Waals surface area contributed by atoms with Crippen LogP contribution in [-0.4, -0.2) is 65.3 Å². The number of ether oxygens (including phenoxy) is 2. The summed E-state index contributed by atoms with van der Waals surface area (Å²) in [5, 5.41) is 31.0. The molecule has 0 aliphatic carbocycles. The summed E-state index contributed by atoms with van der Waals surface area (Å²) in [6, 6.07) is 14.5. The highest BCUT2D eigenvalue weighted by Crippen LogP contribution is 2.33. The Morgan fingerprint density at radius 2 is 1.63 bits per heavy atom. The van der Waals surface area contributed by atoms with Gasteiger partial charge in [-0.15, -0.1) is 0 Å². The van der Waals surface area contributed by atoms with E-state index in [4.69, 9.17) is 9.47 Å². The van der Waals surface area contributed by atoms with Gasteiger partial charge in [0.2, 0.25) is 0 Å². The van der Waals surface area contributed by atoms with Gasteiger partial charge in [-0.25, -0.2) is 0 Å². The Morgan fingerprint density at radius 3 is 2.26 bits per heavy atom. The lowest BCUT2D eigenvalue weighted by Crippen LogP contribution is -2.41. The number of aliphatic hydroxyl groups is 3. The van der Waals surface area contributed by atoms with E-state index in [1.165, 1.54) is 0 Å². The van der Waals surface area contributed by atoms with Crippen molar-refractivity contribution in [3.05, 3.63) is 59.7 Å². The van der Waals surface area contributed by atoms with E-state index in [1.54, 1.807) is 14.2 Å². The molecule has 0 radical (unpaired) electrons. The van der Waals surface area contributed by atoms with Crippen molar-refractivity contribution in [3.63, 3.8) is 0 Å².